The average molecular weight is 263 g/mol. The zero-order valence-corrected chi connectivity index (χ0v) is 10.9. The standard InChI is InChI=1S/C13H15ClN4/c1-2-10-17-12(14)11(15)13(18-10)16-8-9-6-4-3-5-7-9/h3-7H,2,8,15H2,1H3,(H,16,17,18). The van der Waals surface area contributed by atoms with Crippen molar-refractivity contribution in [3.8, 4) is 0 Å². The van der Waals surface area contributed by atoms with Gasteiger partial charge in [0.2, 0.25) is 0 Å². The maximum atomic E-state index is 5.96. The van der Waals surface area contributed by atoms with E-state index in [0.29, 0.717) is 29.0 Å². The molecular formula is C13H15ClN4. The zero-order valence-electron chi connectivity index (χ0n) is 10.2. The van der Waals surface area contributed by atoms with Crippen LogP contribution in [0.2, 0.25) is 5.15 Å². The third kappa shape index (κ3) is 2.90. The summed E-state index contributed by atoms with van der Waals surface area (Å²) in [7, 11) is 0. The van der Waals surface area contributed by atoms with Crippen molar-refractivity contribution in [2.24, 2.45) is 0 Å². The van der Waals surface area contributed by atoms with Crippen LogP contribution in [0, 0.1) is 0 Å². The Morgan fingerprint density at radius 1 is 1.22 bits per heavy atom. The Morgan fingerprint density at radius 2 is 1.94 bits per heavy atom. The lowest BCUT2D eigenvalue weighted by molar-refractivity contribution is 0.935. The van der Waals surface area contributed by atoms with Gasteiger partial charge in [0.05, 0.1) is 0 Å². The number of halogens is 1. The fraction of sp³-hybridized carbons (Fsp3) is 0.231. The van der Waals surface area contributed by atoms with Crippen LogP contribution in [0.4, 0.5) is 11.5 Å². The molecule has 0 spiro atoms. The summed E-state index contributed by atoms with van der Waals surface area (Å²) < 4.78 is 0. The Bertz CT molecular complexity index is 528. The number of aryl methyl sites for hydroxylation is 1. The molecule has 94 valence electrons. The molecule has 0 amide bonds. The number of hydrogen-bond acceptors (Lipinski definition) is 4. The number of nitrogens with two attached hydrogens (primary N) is 1. The first kappa shape index (κ1) is 12.6. The number of hydrogen-bond donors (Lipinski definition) is 2. The molecule has 0 atom stereocenters. The minimum absolute atomic E-state index is 0.303. The predicted molar refractivity (Wildman–Crippen MR) is 74.6 cm³/mol. The summed E-state index contributed by atoms with van der Waals surface area (Å²) in [5.41, 5.74) is 7.40. The maximum Gasteiger partial charge on any atom is 0.157 e. The molecule has 5 heteroatoms. The van der Waals surface area contributed by atoms with Gasteiger partial charge in [-0.2, -0.15) is 0 Å². The van der Waals surface area contributed by atoms with E-state index in [1.54, 1.807) is 0 Å². The lowest BCUT2D eigenvalue weighted by Crippen LogP contribution is -2.08. The first-order valence-corrected chi connectivity index (χ1v) is 6.18. The molecule has 2 rings (SSSR count). The van der Waals surface area contributed by atoms with Gasteiger partial charge in [0.1, 0.15) is 11.5 Å². The van der Waals surface area contributed by atoms with E-state index in [2.05, 4.69) is 15.3 Å². The molecule has 0 saturated heterocycles. The first-order chi connectivity index (χ1) is 8.70. The van der Waals surface area contributed by atoms with E-state index in [-0.39, 0.29) is 0 Å². The van der Waals surface area contributed by atoms with Gasteiger partial charge in [0.25, 0.3) is 0 Å². The topological polar surface area (TPSA) is 63.8 Å². The Balaban J connectivity index is 2.16. The minimum Gasteiger partial charge on any atom is -0.393 e. The molecule has 4 nitrogen and oxygen atoms in total. The SMILES string of the molecule is CCc1nc(Cl)c(N)c(NCc2ccccc2)n1. The van der Waals surface area contributed by atoms with Crippen molar-refractivity contribution in [3.63, 3.8) is 0 Å². The van der Waals surface area contributed by atoms with Crippen molar-refractivity contribution in [1.29, 1.82) is 0 Å². The van der Waals surface area contributed by atoms with Gasteiger partial charge in [-0.05, 0) is 5.56 Å². The molecule has 1 aromatic carbocycles. The van der Waals surface area contributed by atoms with Crippen LogP contribution in [0.15, 0.2) is 30.3 Å². The van der Waals surface area contributed by atoms with Gasteiger partial charge in [0, 0.05) is 13.0 Å². The van der Waals surface area contributed by atoms with Crippen LogP contribution in [0.1, 0.15) is 18.3 Å². The van der Waals surface area contributed by atoms with Crippen molar-refractivity contribution in [2.45, 2.75) is 19.9 Å². The zero-order chi connectivity index (χ0) is 13.0. The van der Waals surface area contributed by atoms with E-state index >= 15 is 0 Å². The Kier molecular flexibility index (Phi) is 3.99. The monoisotopic (exact) mass is 262 g/mol. The molecule has 0 radical (unpaired) electrons. The summed E-state index contributed by atoms with van der Waals surface area (Å²) in [6, 6.07) is 10.0. The van der Waals surface area contributed by atoms with Gasteiger partial charge in [-0.3, -0.25) is 0 Å². The van der Waals surface area contributed by atoms with Crippen molar-refractivity contribution in [2.75, 3.05) is 11.1 Å². The van der Waals surface area contributed by atoms with E-state index in [4.69, 9.17) is 17.3 Å². The second kappa shape index (κ2) is 5.69. The van der Waals surface area contributed by atoms with Gasteiger partial charge < -0.3 is 11.1 Å². The number of rotatable bonds is 4. The van der Waals surface area contributed by atoms with Gasteiger partial charge in [0.15, 0.2) is 11.0 Å². The summed E-state index contributed by atoms with van der Waals surface area (Å²) in [6.45, 7) is 2.63. The van der Waals surface area contributed by atoms with Crippen LogP contribution in [-0.2, 0) is 13.0 Å². The third-order valence-electron chi connectivity index (χ3n) is 2.56. The Hall–Kier alpha value is -1.81. The fourth-order valence-electron chi connectivity index (χ4n) is 1.56. The molecule has 0 aliphatic carbocycles. The largest absolute Gasteiger partial charge is 0.393 e. The first-order valence-electron chi connectivity index (χ1n) is 5.80. The lowest BCUT2D eigenvalue weighted by Gasteiger charge is -2.10. The Morgan fingerprint density at radius 3 is 2.61 bits per heavy atom. The van der Waals surface area contributed by atoms with Crippen LogP contribution in [0.5, 0.6) is 0 Å². The quantitative estimate of drug-likeness (QED) is 0.832. The summed E-state index contributed by atoms with van der Waals surface area (Å²) in [4.78, 5) is 8.43. The van der Waals surface area contributed by atoms with E-state index in [0.717, 1.165) is 12.0 Å². The van der Waals surface area contributed by atoms with Gasteiger partial charge in [-0.25, -0.2) is 9.97 Å². The number of nitrogens with one attached hydrogen (secondary N) is 1. The van der Waals surface area contributed by atoms with Gasteiger partial charge in [-0.1, -0.05) is 48.9 Å². The van der Waals surface area contributed by atoms with E-state index in [9.17, 15) is 0 Å². The number of aromatic nitrogens is 2. The van der Waals surface area contributed by atoms with E-state index in [1.165, 1.54) is 0 Å². The van der Waals surface area contributed by atoms with E-state index < -0.39 is 0 Å². The molecule has 0 aliphatic heterocycles. The van der Waals surface area contributed by atoms with Crippen LogP contribution in [-0.4, -0.2) is 9.97 Å². The van der Waals surface area contributed by atoms with Crippen LogP contribution >= 0.6 is 11.6 Å². The summed E-state index contributed by atoms with van der Waals surface area (Å²) in [5.74, 6) is 1.28. The highest BCUT2D eigenvalue weighted by Crippen LogP contribution is 2.24. The summed E-state index contributed by atoms with van der Waals surface area (Å²) in [6.07, 6.45) is 0.722. The highest BCUT2D eigenvalue weighted by molar-refractivity contribution is 6.32. The number of anilines is 2. The average Bonchev–Trinajstić information content (AvgIpc) is 2.41. The predicted octanol–water partition coefficient (Wildman–Crippen LogP) is 2.89. The lowest BCUT2D eigenvalue weighted by atomic mass is 10.2. The number of nitrogen functional groups attached to an aromatic ring is 1. The van der Waals surface area contributed by atoms with Crippen LogP contribution in [0.3, 0.4) is 0 Å². The third-order valence-corrected chi connectivity index (χ3v) is 2.85. The number of benzene rings is 1. The van der Waals surface area contributed by atoms with Crippen molar-refractivity contribution in [1.82, 2.24) is 9.97 Å². The molecule has 0 unspecified atom stereocenters. The smallest absolute Gasteiger partial charge is 0.157 e. The van der Waals surface area contributed by atoms with Crippen molar-refractivity contribution < 1.29 is 0 Å². The minimum atomic E-state index is 0.303. The Labute approximate surface area is 111 Å². The molecule has 0 aliphatic rings. The molecule has 18 heavy (non-hydrogen) atoms. The van der Waals surface area contributed by atoms with Gasteiger partial charge in [-0.15, -0.1) is 0 Å². The molecule has 0 saturated carbocycles. The second-order valence-electron chi connectivity index (χ2n) is 3.89. The summed E-state index contributed by atoms with van der Waals surface area (Å²) >= 11 is 5.96. The van der Waals surface area contributed by atoms with Gasteiger partial charge >= 0.3 is 0 Å². The maximum absolute atomic E-state index is 5.96. The van der Waals surface area contributed by atoms with Crippen LogP contribution in [0.25, 0.3) is 0 Å². The normalized spacial score (nSPS) is 10.3. The fourth-order valence-corrected chi connectivity index (χ4v) is 1.75. The van der Waals surface area contributed by atoms with Crippen molar-refractivity contribution in [3.05, 3.63) is 46.9 Å². The molecule has 0 fully saturated rings. The second-order valence-corrected chi connectivity index (χ2v) is 4.24. The molecule has 2 aromatic rings. The molecule has 1 heterocycles. The molecule has 0 bridgehead atoms. The highest BCUT2D eigenvalue weighted by Gasteiger charge is 2.08. The molecule has 3 N–H and O–H groups in total. The number of nitrogens with zero attached hydrogens (tertiary/aromatic N) is 2. The molecule has 1 aromatic heterocycles. The van der Waals surface area contributed by atoms with Crippen molar-refractivity contribution >= 4 is 23.1 Å². The molecular weight excluding hydrogens is 248 g/mol. The van der Waals surface area contributed by atoms with Crippen LogP contribution < -0.4 is 11.1 Å². The van der Waals surface area contributed by atoms with E-state index in [1.807, 2.05) is 37.3 Å². The summed E-state index contributed by atoms with van der Waals surface area (Å²) in [5, 5.41) is 3.49. The highest BCUT2D eigenvalue weighted by atomic mass is 35.5.